The number of likely N-dealkylation sites (tertiary alicyclic amines) is 1. The van der Waals surface area contributed by atoms with Crippen molar-refractivity contribution in [3.05, 3.63) is 0 Å². The summed E-state index contributed by atoms with van der Waals surface area (Å²) < 4.78 is 22.6. The van der Waals surface area contributed by atoms with Crippen LogP contribution >= 0.6 is 24.0 Å². The third-order valence-electron chi connectivity index (χ3n) is 4.21. The third kappa shape index (κ3) is 11.3. The fraction of sp³-hybridized carbons (Fsp3) is 0.941. The van der Waals surface area contributed by atoms with E-state index in [1.54, 1.807) is 0 Å². The molecule has 0 aliphatic carbocycles. The molecule has 0 radical (unpaired) electrons. The Balaban J connectivity index is 0.00000576. The van der Waals surface area contributed by atoms with Crippen molar-refractivity contribution in [3.8, 4) is 0 Å². The van der Waals surface area contributed by atoms with Gasteiger partial charge in [0.2, 0.25) is 0 Å². The molecular weight excluding hydrogens is 451 g/mol. The fourth-order valence-electron chi connectivity index (χ4n) is 3.02. The normalized spacial score (nSPS) is 20.4. The van der Waals surface area contributed by atoms with E-state index in [0.29, 0.717) is 18.4 Å². The molecule has 0 aromatic carbocycles. The van der Waals surface area contributed by atoms with Gasteiger partial charge in [0.15, 0.2) is 5.96 Å². The van der Waals surface area contributed by atoms with Gasteiger partial charge in [0.05, 0.1) is 12.3 Å². The highest BCUT2D eigenvalue weighted by atomic mass is 127. The fourth-order valence-corrected chi connectivity index (χ4v) is 3.81. The first-order valence-corrected chi connectivity index (χ1v) is 11.2. The Labute approximate surface area is 171 Å². The number of nitrogens with zero attached hydrogens (tertiary/aromatic N) is 2. The van der Waals surface area contributed by atoms with E-state index < -0.39 is 9.84 Å². The van der Waals surface area contributed by atoms with Crippen molar-refractivity contribution in [1.82, 2.24) is 15.5 Å². The topological polar surface area (TPSA) is 73.8 Å². The molecule has 8 heteroatoms. The molecule has 0 bridgehead atoms. The Morgan fingerprint density at radius 3 is 2.56 bits per heavy atom. The number of hydrogen-bond donors (Lipinski definition) is 2. The van der Waals surface area contributed by atoms with Crippen molar-refractivity contribution in [2.24, 2.45) is 10.9 Å². The molecule has 1 fully saturated rings. The van der Waals surface area contributed by atoms with Gasteiger partial charge in [-0.3, -0.25) is 9.89 Å². The van der Waals surface area contributed by atoms with Crippen LogP contribution in [0.4, 0.5) is 0 Å². The number of rotatable bonds is 9. The van der Waals surface area contributed by atoms with E-state index in [4.69, 9.17) is 4.99 Å². The van der Waals surface area contributed by atoms with E-state index in [9.17, 15) is 8.42 Å². The zero-order valence-corrected chi connectivity index (χ0v) is 19.6. The molecule has 150 valence electrons. The predicted octanol–water partition coefficient (Wildman–Crippen LogP) is 2.10. The van der Waals surface area contributed by atoms with E-state index in [1.165, 1.54) is 25.6 Å². The molecule has 1 heterocycles. The van der Waals surface area contributed by atoms with Crippen molar-refractivity contribution >= 4 is 39.8 Å². The van der Waals surface area contributed by atoms with Gasteiger partial charge in [0, 0.05) is 31.4 Å². The van der Waals surface area contributed by atoms with E-state index in [2.05, 4.69) is 29.4 Å². The molecule has 1 rings (SSSR count). The van der Waals surface area contributed by atoms with Crippen molar-refractivity contribution in [1.29, 1.82) is 0 Å². The highest BCUT2D eigenvalue weighted by Gasteiger charge is 2.24. The van der Waals surface area contributed by atoms with Gasteiger partial charge < -0.3 is 10.6 Å². The molecule has 1 aliphatic heterocycles. The Morgan fingerprint density at radius 1 is 1.32 bits per heavy atom. The molecule has 1 unspecified atom stereocenters. The largest absolute Gasteiger partial charge is 0.357 e. The van der Waals surface area contributed by atoms with Crippen molar-refractivity contribution in [3.63, 3.8) is 0 Å². The summed E-state index contributed by atoms with van der Waals surface area (Å²) in [7, 11) is -2.92. The molecular formula is C17H37IN4O2S. The molecule has 2 N–H and O–H groups in total. The van der Waals surface area contributed by atoms with Crippen LogP contribution in [0.3, 0.4) is 0 Å². The number of guanidine groups is 1. The lowest BCUT2D eigenvalue weighted by Gasteiger charge is -2.25. The van der Waals surface area contributed by atoms with E-state index >= 15 is 0 Å². The van der Waals surface area contributed by atoms with Gasteiger partial charge in [0.1, 0.15) is 9.84 Å². The van der Waals surface area contributed by atoms with Gasteiger partial charge in [-0.25, -0.2) is 8.42 Å². The average molecular weight is 488 g/mol. The number of halogens is 1. The van der Waals surface area contributed by atoms with Gasteiger partial charge >= 0.3 is 0 Å². The Kier molecular flexibility index (Phi) is 12.3. The molecule has 25 heavy (non-hydrogen) atoms. The number of nitrogens with one attached hydrogen (secondary N) is 2. The second kappa shape index (κ2) is 12.3. The summed E-state index contributed by atoms with van der Waals surface area (Å²) in [4.78, 5) is 7.29. The summed E-state index contributed by atoms with van der Waals surface area (Å²) in [5, 5.41) is 6.59. The first-order chi connectivity index (χ1) is 11.2. The second-order valence-electron chi connectivity index (χ2n) is 7.37. The van der Waals surface area contributed by atoms with E-state index in [0.717, 1.165) is 25.6 Å². The van der Waals surface area contributed by atoms with Crippen LogP contribution in [0.5, 0.6) is 0 Å². The van der Waals surface area contributed by atoms with Gasteiger partial charge in [-0.05, 0) is 45.6 Å². The smallest absolute Gasteiger partial charge is 0.191 e. The van der Waals surface area contributed by atoms with Gasteiger partial charge in [-0.1, -0.05) is 13.8 Å². The maximum atomic E-state index is 11.3. The minimum absolute atomic E-state index is 0. The Hall–Kier alpha value is -0.0900. The lowest BCUT2D eigenvalue weighted by molar-refractivity contribution is 0.231. The van der Waals surface area contributed by atoms with Crippen LogP contribution in [0.2, 0.25) is 0 Å². The van der Waals surface area contributed by atoms with Crippen LogP contribution in [0.15, 0.2) is 4.99 Å². The molecule has 6 nitrogen and oxygen atoms in total. The van der Waals surface area contributed by atoms with Gasteiger partial charge in [-0.2, -0.15) is 0 Å². The highest BCUT2D eigenvalue weighted by Crippen LogP contribution is 2.18. The summed E-state index contributed by atoms with van der Waals surface area (Å²) in [5.41, 5.74) is 0. The van der Waals surface area contributed by atoms with Crippen LogP contribution in [-0.2, 0) is 9.84 Å². The third-order valence-corrected chi connectivity index (χ3v) is 5.19. The second-order valence-corrected chi connectivity index (χ2v) is 9.63. The van der Waals surface area contributed by atoms with Crippen LogP contribution < -0.4 is 10.6 Å². The number of aliphatic imine (C=N–C) groups is 1. The zero-order chi connectivity index (χ0) is 18.2. The monoisotopic (exact) mass is 488 g/mol. The lowest BCUT2D eigenvalue weighted by atomic mass is 10.2. The maximum Gasteiger partial charge on any atom is 0.191 e. The summed E-state index contributed by atoms with van der Waals surface area (Å²) in [6.07, 6.45) is 4.33. The van der Waals surface area contributed by atoms with Crippen molar-refractivity contribution in [2.45, 2.75) is 59.0 Å². The van der Waals surface area contributed by atoms with E-state index in [1.807, 2.05) is 13.8 Å². The van der Waals surface area contributed by atoms with Crippen molar-refractivity contribution in [2.75, 3.05) is 38.2 Å². The zero-order valence-electron chi connectivity index (χ0n) is 16.4. The molecule has 0 amide bonds. The molecule has 2 atom stereocenters. The first-order valence-electron chi connectivity index (χ1n) is 9.18. The minimum atomic E-state index is -2.92. The summed E-state index contributed by atoms with van der Waals surface area (Å²) in [6, 6.07) is 0.599. The van der Waals surface area contributed by atoms with Crippen LogP contribution in [0.25, 0.3) is 0 Å². The van der Waals surface area contributed by atoms with Crippen molar-refractivity contribution < 1.29 is 8.42 Å². The molecule has 1 saturated heterocycles. The molecule has 0 aromatic rings. The summed E-state index contributed by atoms with van der Waals surface area (Å²) in [5.74, 6) is 1.66. The summed E-state index contributed by atoms with van der Waals surface area (Å²) >= 11 is 0. The van der Waals surface area contributed by atoms with Crippen LogP contribution in [-0.4, -0.2) is 69.5 Å². The van der Waals surface area contributed by atoms with Crippen LogP contribution in [0.1, 0.15) is 47.0 Å². The van der Waals surface area contributed by atoms with Crippen LogP contribution in [0, 0.1) is 5.92 Å². The number of hydrogen-bond acceptors (Lipinski definition) is 4. The molecule has 1 aliphatic rings. The number of sulfone groups is 1. The quantitative estimate of drug-likeness (QED) is 0.296. The molecule has 0 spiro atoms. The van der Waals surface area contributed by atoms with E-state index in [-0.39, 0.29) is 35.8 Å². The molecule has 0 saturated carbocycles. The Morgan fingerprint density at radius 2 is 2.00 bits per heavy atom. The van der Waals surface area contributed by atoms with Gasteiger partial charge in [0.25, 0.3) is 0 Å². The SMILES string of the molecule is CCNC(=NC[C@H]1CCCN1CC(C)C)NC(C)CCS(C)(=O)=O.I. The summed E-state index contributed by atoms with van der Waals surface area (Å²) in [6.45, 7) is 12.5. The minimum Gasteiger partial charge on any atom is -0.357 e. The highest BCUT2D eigenvalue weighted by molar-refractivity contribution is 14.0. The Bertz CT molecular complexity index is 497. The standard InChI is InChI=1S/C17H36N4O2S.HI/c1-6-18-17(20-15(4)9-11-24(5,22)23)19-12-16-8-7-10-21(16)13-14(2)3;/h14-16H,6-13H2,1-5H3,(H2,18,19,20);1H/t15?,16-;/m1./s1. The van der Waals surface area contributed by atoms with Gasteiger partial charge in [-0.15, -0.1) is 24.0 Å². The molecule has 0 aromatic heterocycles. The maximum absolute atomic E-state index is 11.3. The predicted molar refractivity (Wildman–Crippen MR) is 118 cm³/mol. The average Bonchev–Trinajstić information content (AvgIpc) is 2.88. The lowest BCUT2D eigenvalue weighted by Crippen LogP contribution is -2.44. The first kappa shape index (κ1) is 24.9.